The Kier molecular flexibility index (Phi) is 1.55. The van der Waals surface area contributed by atoms with Crippen molar-refractivity contribution in [2.45, 2.75) is 6.42 Å². The monoisotopic (exact) mass is 148 g/mol. The summed E-state index contributed by atoms with van der Waals surface area (Å²) in [5, 5.41) is 12.3. The summed E-state index contributed by atoms with van der Waals surface area (Å²) in [4.78, 5) is 0. The van der Waals surface area contributed by atoms with E-state index in [1.807, 2.05) is 12.6 Å². The predicted octanol–water partition coefficient (Wildman–Crippen LogP) is 1.05. The molecule has 1 aromatic carbocycles. The quantitative estimate of drug-likeness (QED) is 0.576. The molecule has 0 bridgehead atoms. The fourth-order valence-corrected chi connectivity index (χ4v) is 1.33. The van der Waals surface area contributed by atoms with Gasteiger partial charge in [-0.2, -0.15) is 0 Å². The molecule has 1 aliphatic rings. The summed E-state index contributed by atoms with van der Waals surface area (Å²) in [6.45, 7) is 2.94. The maximum absolute atomic E-state index is 9.14. The Balaban J connectivity index is 2.43. The molecule has 0 spiro atoms. The molecule has 0 amide bonds. The van der Waals surface area contributed by atoms with E-state index in [1.54, 1.807) is 12.1 Å². The molecule has 0 unspecified atom stereocenters. The second-order valence-corrected chi connectivity index (χ2v) is 2.73. The molecule has 0 aliphatic carbocycles. The molecule has 0 aromatic heterocycles. The average molecular weight is 148 g/mol. The molecule has 0 fully saturated rings. The molecule has 0 atom stereocenters. The van der Waals surface area contributed by atoms with Crippen molar-refractivity contribution in [1.82, 2.24) is 5.32 Å². The van der Waals surface area contributed by atoms with Crippen molar-refractivity contribution in [1.29, 1.82) is 0 Å². The van der Waals surface area contributed by atoms with Gasteiger partial charge in [-0.05, 0) is 36.2 Å². The summed E-state index contributed by atoms with van der Waals surface area (Å²) in [6, 6.07) is 5.49. The largest absolute Gasteiger partial charge is 0.508 e. The third-order valence-corrected chi connectivity index (χ3v) is 1.93. The number of hydrogen-bond acceptors (Lipinski definition) is 2. The van der Waals surface area contributed by atoms with E-state index < -0.39 is 0 Å². The normalized spacial score (nSPS) is 16.0. The lowest BCUT2D eigenvalue weighted by Gasteiger charge is -2.15. The summed E-state index contributed by atoms with van der Waals surface area (Å²) in [5.74, 6) is 0.337. The minimum absolute atomic E-state index is 0.337. The molecular formula is C9H10NO. The second kappa shape index (κ2) is 2.55. The van der Waals surface area contributed by atoms with E-state index in [0.717, 1.165) is 18.5 Å². The van der Waals surface area contributed by atoms with Gasteiger partial charge in [-0.3, -0.25) is 0 Å². The van der Waals surface area contributed by atoms with Gasteiger partial charge in [0, 0.05) is 0 Å². The van der Waals surface area contributed by atoms with E-state index in [4.69, 9.17) is 5.11 Å². The van der Waals surface area contributed by atoms with Crippen LogP contribution in [-0.2, 0) is 6.42 Å². The number of fused-ring (bicyclic) bond motifs is 1. The molecule has 0 saturated heterocycles. The average Bonchev–Trinajstić information content (AvgIpc) is 2.04. The highest BCUT2D eigenvalue weighted by molar-refractivity contribution is 5.40. The zero-order valence-electron chi connectivity index (χ0n) is 6.17. The third-order valence-electron chi connectivity index (χ3n) is 1.93. The Labute approximate surface area is 65.9 Å². The van der Waals surface area contributed by atoms with E-state index in [0.29, 0.717) is 5.75 Å². The summed E-state index contributed by atoms with van der Waals surface area (Å²) in [7, 11) is 0. The summed E-state index contributed by atoms with van der Waals surface area (Å²) >= 11 is 0. The van der Waals surface area contributed by atoms with Gasteiger partial charge in [-0.25, -0.2) is 0 Å². The fourth-order valence-electron chi connectivity index (χ4n) is 1.33. The summed E-state index contributed by atoms with van der Waals surface area (Å²) < 4.78 is 0. The number of benzene rings is 1. The highest BCUT2D eigenvalue weighted by Gasteiger charge is 2.08. The minimum Gasteiger partial charge on any atom is -0.508 e. The van der Waals surface area contributed by atoms with Gasteiger partial charge in [-0.15, -0.1) is 0 Å². The Morgan fingerprint density at radius 2 is 2.27 bits per heavy atom. The number of phenols is 1. The first-order valence-corrected chi connectivity index (χ1v) is 3.75. The van der Waals surface area contributed by atoms with Crippen LogP contribution in [0.2, 0.25) is 0 Å². The van der Waals surface area contributed by atoms with E-state index in [1.165, 1.54) is 5.56 Å². The van der Waals surface area contributed by atoms with Crippen LogP contribution >= 0.6 is 0 Å². The molecule has 1 aromatic rings. The second-order valence-electron chi connectivity index (χ2n) is 2.73. The minimum atomic E-state index is 0.337. The van der Waals surface area contributed by atoms with Gasteiger partial charge >= 0.3 is 0 Å². The van der Waals surface area contributed by atoms with Crippen molar-refractivity contribution in [3.05, 3.63) is 35.9 Å². The SMILES string of the molecule is Oc1ccc2c(c1)[CH]NCC2. The lowest BCUT2D eigenvalue weighted by atomic mass is 10.0. The Morgan fingerprint density at radius 1 is 1.36 bits per heavy atom. The molecule has 0 saturated carbocycles. The number of nitrogens with one attached hydrogen (secondary N) is 1. The van der Waals surface area contributed by atoms with Crippen LogP contribution in [0.5, 0.6) is 5.75 Å². The number of phenolic OH excluding ortho intramolecular Hbond substituents is 1. The Hall–Kier alpha value is -1.02. The lowest BCUT2D eigenvalue weighted by molar-refractivity contribution is 0.474. The van der Waals surface area contributed by atoms with Crippen molar-refractivity contribution >= 4 is 0 Å². The van der Waals surface area contributed by atoms with Crippen LogP contribution in [0.3, 0.4) is 0 Å². The van der Waals surface area contributed by atoms with Crippen LogP contribution in [0.4, 0.5) is 0 Å². The van der Waals surface area contributed by atoms with Crippen LogP contribution in [0, 0.1) is 6.54 Å². The molecule has 2 heteroatoms. The van der Waals surface area contributed by atoms with Gasteiger partial charge in [0.25, 0.3) is 0 Å². The van der Waals surface area contributed by atoms with Gasteiger partial charge in [0.15, 0.2) is 0 Å². The lowest BCUT2D eigenvalue weighted by Crippen LogP contribution is -2.21. The van der Waals surface area contributed by atoms with Crippen LogP contribution in [0.15, 0.2) is 18.2 Å². The summed E-state index contributed by atoms with van der Waals surface area (Å²) in [5.41, 5.74) is 2.41. The molecule has 1 heterocycles. The van der Waals surface area contributed by atoms with Crippen molar-refractivity contribution in [2.24, 2.45) is 0 Å². The first kappa shape index (κ1) is 6.68. The van der Waals surface area contributed by atoms with Crippen LogP contribution in [0.1, 0.15) is 11.1 Å². The molecule has 11 heavy (non-hydrogen) atoms. The molecule has 57 valence electrons. The molecule has 1 radical (unpaired) electrons. The third kappa shape index (κ3) is 1.21. The highest BCUT2D eigenvalue weighted by atomic mass is 16.3. The molecule has 1 aliphatic heterocycles. The van der Waals surface area contributed by atoms with E-state index in [-0.39, 0.29) is 0 Å². The standard InChI is InChI=1S/C9H10NO/c11-9-2-1-7-3-4-10-6-8(7)5-9/h1-2,5-6,10-11H,3-4H2. The maximum Gasteiger partial charge on any atom is 0.115 e. The number of aromatic hydroxyl groups is 1. The fraction of sp³-hybridized carbons (Fsp3) is 0.222. The maximum atomic E-state index is 9.14. The van der Waals surface area contributed by atoms with Crippen molar-refractivity contribution in [3.8, 4) is 5.75 Å². The molecule has 2 N–H and O–H groups in total. The van der Waals surface area contributed by atoms with Gasteiger partial charge in [0.2, 0.25) is 0 Å². The van der Waals surface area contributed by atoms with Gasteiger partial charge in [0.05, 0.1) is 6.54 Å². The Bertz CT molecular complexity index is 270. The summed E-state index contributed by atoms with van der Waals surface area (Å²) in [6.07, 6.45) is 1.05. The predicted molar refractivity (Wildman–Crippen MR) is 43.2 cm³/mol. The van der Waals surface area contributed by atoms with Crippen molar-refractivity contribution in [3.63, 3.8) is 0 Å². The van der Waals surface area contributed by atoms with Crippen LogP contribution in [-0.4, -0.2) is 11.7 Å². The first-order valence-electron chi connectivity index (χ1n) is 3.75. The van der Waals surface area contributed by atoms with Gasteiger partial charge in [-0.1, -0.05) is 6.07 Å². The zero-order valence-corrected chi connectivity index (χ0v) is 6.17. The van der Waals surface area contributed by atoms with Gasteiger partial charge < -0.3 is 10.4 Å². The van der Waals surface area contributed by atoms with E-state index in [9.17, 15) is 0 Å². The number of rotatable bonds is 0. The zero-order chi connectivity index (χ0) is 7.68. The molecule has 2 rings (SSSR count). The molecular weight excluding hydrogens is 138 g/mol. The Morgan fingerprint density at radius 3 is 3.18 bits per heavy atom. The van der Waals surface area contributed by atoms with Crippen molar-refractivity contribution < 1.29 is 5.11 Å². The van der Waals surface area contributed by atoms with Crippen LogP contribution in [0.25, 0.3) is 0 Å². The topological polar surface area (TPSA) is 32.3 Å². The van der Waals surface area contributed by atoms with Gasteiger partial charge in [0.1, 0.15) is 5.75 Å². The van der Waals surface area contributed by atoms with Crippen molar-refractivity contribution in [2.75, 3.05) is 6.54 Å². The van der Waals surface area contributed by atoms with Crippen LogP contribution < -0.4 is 5.32 Å². The van der Waals surface area contributed by atoms with E-state index >= 15 is 0 Å². The number of hydrogen-bond donors (Lipinski definition) is 2. The smallest absolute Gasteiger partial charge is 0.115 e. The highest BCUT2D eigenvalue weighted by Crippen LogP contribution is 2.19. The molecule has 2 nitrogen and oxygen atoms in total. The first-order chi connectivity index (χ1) is 5.36. The van der Waals surface area contributed by atoms with E-state index in [2.05, 4.69) is 5.32 Å².